The molecule has 2 heterocycles. The molecule has 1 N–H and O–H groups in total. The third kappa shape index (κ3) is 4.85. The first-order valence-corrected chi connectivity index (χ1v) is 9.36. The fraction of sp³-hybridized carbons (Fsp3) is 0.500. The van der Waals surface area contributed by atoms with E-state index in [2.05, 4.69) is 39.5 Å². The summed E-state index contributed by atoms with van der Waals surface area (Å²) in [6.45, 7) is 5.60. The second-order valence-electron chi connectivity index (χ2n) is 6.58. The van der Waals surface area contributed by atoms with E-state index in [0.717, 1.165) is 49.8 Å². The van der Waals surface area contributed by atoms with E-state index in [1.165, 1.54) is 12.0 Å². The zero-order valence-electron chi connectivity index (χ0n) is 15.6. The van der Waals surface area contributed by atoms with Gasteiger partial charge in [-0.25, -0.2) is 0 Å². The Morgan fingerprint density at radius 2 is 2.19 bits per heavy atom. The van der Waals surface area contributed by atoms with Crippen LogP contribution in [-0.2, 0) is 6.54 Å². The highest BCUT2D eigenvalue weighted by Crippen LogP contribution is 2.28. The van der Waals surface area contributed by atoms with Crippen molar-refractivity contribution in [3.05, 3.63) is 42.1 Å². The van der Waals surface area contributed by atoms with Crippen LogP contribution >= 0.6 is 0 Å². The number of nitrogens with zero attached hydrogens (tertiary/aromatic N) is 3. The number of piperidine rings is 1. The van der Waals surface area contributed by atoms with Crippen molar-refractivity contribution in [3.8, 4) is 11.5 Å². The lowest BCUT2D eigenvalue weighted by Gasteiger charge is -2.33. The van der Waals surface area contributed by atoms with Gasteiger partial charge in [-0.15, -0.1) is 5.10 Å². The van der Waals surface area contributed by atoms with E-state index in [4.69, 9.17) is 9.47 Å². The molecule has 1 atom stereocenters. The number of methoxy groups -OCH3 is 1. The molecule has 0 aliphatic carbocycles. The summed E-state index contributed by atoms with van der Waals surface area (Å²) in [5.74, 6) is 2.56. The first-order valence-electron chi connectivity index (χ1n) is 9.36. The van der Waals surface area contributed by atoms with E-state index < -0.39 is 0 Å². The van der Waals surface area contributed by atoms with Crippen molar-refractivity contribution in [1.82, 2.24) is 15.5 Å². The molecule has 1 aliphatic heterocycles. The normalized spacial score (nSPS) is 17.2. The van der Waals surface area contributed by atoms with Gasteiger partial charge in [0.25, 0.3) is 0 Å². The second kappa shape index (κ2) is 9.38. The van der Waals surface area contributed by atoms with Crippen LogP contribution in [0.3, 0.4) is 0 Å². The maximum absolute atomic E-state index is 5.72. The summed E-state index contributed by atoms with van der Waals surface area (Å²) in [4.78, 5) is 2.30. The minimum Gasteiger partial charge on any atom is -0.493 e. The molecule has 0 bridgehead atoms. The Hall–Kier alpha value is -2.34. The highest BCUT2D eigenvalue weighted by Gasteiger charge is 2.20. The second-order valence-corrected chi connectivity index (χ2v) is 6.58. The van der Waals surface area contributed by atoms with Gasteiger partial charge < -0.3 is 19.7 Å². The van der Waals surface area contributed by atoms with Gasteiger partial charge in [-0.2, -0.15) is 5.10 Å². The molecular weight excluding hydrogens is 328 g/mol. The molecule has 0 spiro atoms. The van der Waals surface area contributed by atoms with Gasteiger partial charge in [-0.1, -0.05) is 13.0 Å². The van der Waals surface area contributed by atoms with Crippen molar-refractivity contribution in [1.29, 1.82) is 0 Å². The summed E-state index contributed by atoms with van der Waals surface area (Å²) in [5, 5.41) is 11.9. The molecule has 0 radical (unpaired) electrons. The molecule has 6 heteroatoms. The fourth-order valence-corrected chi connectivity index (χ4v) is 3.23. The molecule has 0 saturated carbocycles. The van der Waals surface area contributed by atoms with Crippen molar-refractivity contribution in [2.45, 2.75) is 38.8 Å². The molecule has 1 aromatic carbocycles. The van der Waals surface area contributed by atoms with E-state index >= 15 is 0 Å². The number of hydrogen-bond acceptors (Lipinski definition) is 6. The van der Waals surface area contributed by atoms with Crippen molar-refractivity contribution in [2.75, 3.05) is 31.7 Å². The molecule has 1 unspecified atom stereocenters. The quantitative estimate of drug-likeness (QED) is 0.784. The molecule has 1 aliphatic rings. The van der Waals surface area contributed by atoms with Crippen molar-refractivity contribution >= 4 is 5.82 Å². The third-order valence-electron chi connectivity index (χ3n) is 4.59. The summed E-state index contributed by atoms with van der Waals surface area (Å²) in [6.07, 6.45) is 5.02. The van der Waals surface area contributed by atoms with Crippen molar-refractivity contribution in [2.24, 2.45) is 0 Å². The Morgan fingerprint density at radius 1 is 1.27 bits per heavy atom. The molecule has 6 nitrogen and oxygen atoms in total. The minimum atomic E-state index is 0.438. The van der Waals surface area contributed by atoms with E-state index in [-0.39, 0.29) is 0 Å². The zero-order chi connectivity index (χ0) is 18.2. The van der Waals surface area contributed by atoms with Crippen LogP contribution in [0.1, 0.15) is 31.7 Å². The summed E-state index contributed by atoms with van der Waals surface area (Å²) in [7, 11) is 1.69. The molecule has 0 amide bonds. The van der Waals surface area contributed by atoms with Crippen LogP contribution in [0.4, 0.5) is 5.82 Å². The van der Waals surface area contributed by atoms with Gasteiger partial charge in [0.05, 0.1) is 13.7 Å². The maximum Gasteiger partial charge on any atom is 0.161 e. The van der Waals surface area contributed by atoms with Gasteiger partial charge in [-0.05, 0) is 49.1 Å². The highest BCUT2D eigenvalue weighted by molar-refractivity contribution is 5.43. The van der Waals surface area contributed by atoms with Crippen LogP contribution in [0, 0.1) is 0 Å². The number of benzene rings is 1. The molecule has 26 heavy (non-hydrogen) atoms. The molecule has 140 valence electrons. The Morgan fingerprint density at radius 3 is 2.96 bits per heavy atom. The van der Waals surface area contributed by atoms with Crippen molar-refractivity contribution in [3.63, 3.8) is 0 Å². The average molecular weight is 356 g/mol. The van der Waals surface area contributed by atoms with Crippen molar-refractivity contribution < 1.29 is 9.47 Å². The van der Waals surface area contributed by atoms with E-state index in [1.807, 2.05) is 18.2 Å². The van der Waals surface area contributed by atoms with E-state index in [9.17, 15) is 0 Å². The topological polar surface area (TPSA) is 59.5 Å². The minimum absolute atomic E-state index is 0.438. The SMILES string of the molecule is CCCOc1ccc(CNC2CCCN(c3cccnn3)C2)cc1OC. The lowest BCUT2D eigenvalue weighted by Crippen LogP contribution is -2.45. The van der Waals surface area contributed by atoms with Gasteiger partial charge in [0.2, 0.25) is 0 Å². The summed E-state index contributed by atoms with van der Waals surface area (Å²) in [6, 6.07) is 10.6. The van der Waals surface area contributed by atoms with Crippen LogP contribution in [-0.4, -0.2) is 43.0 Å². The predicted octanol–water partition coefficient (Wildman–Crippen LogP) is 3.03. The summed E-state index contributed by atoms with van der Waals surface area (Å²) >= 11 is 0. The Kier molecular flexibility index (Phi) is 6.66. The van der Waals surface area contributed by atoms with E-state index in [0.29, 0.717) is 12.6 Å². The fourth-order valence-electron chi connectivity index (χ4n) is 3.23. The Labute approximate surface area is 155 Å². The van der Waals surface area contributed by atoms with Crippen LogP contribution < -0.4 is 19.7 Å². The van der Waals surface area contributed by atoms with Crippen LogP contribution in [0.2, 0.25) is 0 Å². The lowest BCUT2D eigenvalue weighted by molar-refractivity contribution is 0.294. The lowest BCUT2D eigenvalue weighted by atomic mass is 10.1. The molecule has 1 fully saturated rings. The van der Waals surface area contributed by atoms with Gasteiger partial charge >= 0.3 is 0 Å². The highest BCUT2D eigenvalue weighted by atomic mass is 16.5. The Bertz CT molecular complexity index is 681. The van der Waals surface area contributed by atoms with Gasteiger partial charge in [0, 0.05) is 31.9 Å². The molecule has 1 saturated heterocycles. The molecular formula is C20H28N4O2. The van der Waals surface area contributed by atoms with Crippen LogP contribution in [0.5, 0.6) is 11.5 Å². The van der Waals surface area contributed by atoms with E-state index in [1.54, 1.807) is 13.3 Å². The number of rotatable bonds is 8. The largest absolute Gasteiger partial charge is 0.493 e. The number of hydrogen-bond donors (Lipinski definition) is 1. The maximum atomic E-state index is 5.72. The van der Waals surface area contributed by atoms with Crippen LogP contribution in [0.25, 0.3) is 0 Å². The average Bonchev–Trinajstić information content (AvgIpc) is 2.72. The summed E-state index contributed by atoms with van der Waals surface area (Å²) in [5.41, 5.74) is 1.20. The summed E-state index contributed by atoms with van der Waals surface area (Å²) < 4.78 is 11.2. The Balaban J connectivity index is 1.56. The predicted molar refractivity (Wildman–Crippen MR) is 103 cm³/mol. The monoisotopic (exact) mass is 356 g/mol. The number of anilines is 1. The first-order chi connectivity index (χ1) is 12.8. The molecule has 3 rings (SSSR count). The third-order valence-corrected chi connectivity index (χ3v) is 4.59. The number of aromatic nitrogens is 2. The standard InChI is InChI=1S/C20H28N4O2/c1-3-12-26-18-9-8-16(13-19(18)25-2)14-21-17-6-5-11-24(15-17)20-7-4-10-22-23-20/h4,7-10,13,17,21H,3,5-6,11-12,14-15H2,1-2H3. The van der Waals surface area contributed by atoms with Gasteiger partial charge in [-0.3, -0.25) is 0 Å². The zero-order valence-corrected chi connectivity index (χ0v) is 15.6. The number of nitrogens with one attached hydrogen (secondary N) is 1. The first kappa shape index (κ1) is 18.5. The number of ether oxygens (including phenoxy) is 2. The molecule has 2 aromatic rings. The smallest absolute Gasteiger partial charge is 0.161 e. The molecule has 1 aromatic heterocycles. The van der Waals surface area contributed by atoms with Gasteiger partial charge in [0.1, 0.15) is 0 Å². The van der Waals surface area contributed by atoms with Crippen LogP contribution in [0.15, 0.2) is 36.5 Å². The van der Waals surface area contributed by atoms with Gasteiger partial charge in [0.15, 0.2) is 17.3 Å².